The molecule has 0 bridgehead atoms. The van der Waals surface area contributed by atoms with Crippen molar-refractivity contribution in [2.75, 3.05) is 19.6 Å². The lowest BCUT2D eigenvalue weighted by Crippen LogP contribution is -2.48. The van der Waals surface area contributed by atoms with Gasteiger partial charge in [0.25, 0.3) is 5.91 Å². The quantitative estimate of drug-likeness (QED) is 0.518. The summed E-state index contributed by atoms with van der Waals surface area (Å²) >= 11 is 0. The molecule has 0 saturated heterocycles. The van der Waals surface area contributed by atoms with Crippen molar-refractivity contribution in [2.24, 2.45) is 0 Å². The third-order valence-electron chi connectivity index (χ3n) is 4.66. The average molecular weight is 457 g/mol. The Morgan fingerprint density at radius 1 is 0.903 bits per heavy atom. The van der Waals surface area contributed by atoms with E-state index >= 15 is 0 Å². The number of alkyl halides is 3. The van der Waals surface area contributed by atoms with E-state index in [1.165, 1.54) is 28.6 Å². The van der Waals surface area contributed by atoms with Crippen LogP contribution in [0, 0.1) is 0 Å². The molecule has 0 unspecified atom stereocenters. The van der Waals surface area contributed by atoms with E-state index in [-0.39, 0.29) is 31.6 Å². The SMILES string of the molecule is CCCN(CCC)S(=O)(=O)N(CCc1cccc(C(F)(F)F)c1)C(=O)c1ccccc1. The molecule has 0 aliphatic rings. The first-order chi connectivity index (χ1) is 14.6. The van der Waals surface area contributed by atoms with Gasteiger partial charge in [-0.15, -0.1) is 0 Å². The number of nitrogens with zero attached hydrogens (tertiary/aromatic N) is 2. The van der Waals surface area contributed by atoms with Crippen molar-refractivity contribution in [3.63, 3.8) is 0 Å². The summed E-state index contributed by atoms with van der Waals surface area (Å²) in [6, 6.07) is 12.7. The number of benzene rings is 2. The Morgan fingerprint density at radius 3 is 2.06 bits per heavy atom. The summed E-state index contributed by atoms with van der Waals surface area (Å²) in [5.74, 6) is -0.704. The van der Waals surface area contributed by atoms with Gasteiger partial charge in [-0.25, -0.2) is 4.31 Å². The zero-order chi connectivity index (χ0) is 23.1. The summed E-state index contributed by atoms with van der Waals surface area (Å²) in [5.41, 5.74) is -0.316. The molecule has 0 fully saturated rings. The van der Waals surface area contributed by atoms with Gasteiger partial charge in [-0.1, -0.05) is 50.2 Å². The fourth-order valence-electron chi connectivity index (χ4n) is 3.16. The molecular formula is C22H27F3N2O3S. The Labute approximate surface area is 181 Å². The fraction of sp³-hybridized carbons (Fsp3) is 0.409. The maximum Gasteiger partial charge on any atom is 0.416 e. The summed E-state index contributed by atoms with van der Waals surface area (Å²) < 4.78 is 67.7. The van der Waals surface area contributed by atoms with Gasteiger partial charge in [0, 0.05) is 25.2 Å². The van der Waals surface area contributed by atoms with Crippen molar-refractivity contribution in [1.82, 2.24) is 8.61 Å². The van der Waals surface area contributed by atoms with E-state index < -0.39 is 27.9 Å². The van der Waals surface area contributed by atoms with Gasteiger partial charge >= 0.3 is 16.4 Å². The van der Waals surface area contributed by atoms with Crippen LogP contribution in [0.4, 0.5) is 13.2 Å². The van der Waals surface area contributed by atoms with E-state index in [4.69, 9.17) is 0 Å². The van der Waals surface area contributed by atoms with Gasteiger partial charge in [-0.05, 0) is 43.0 Å². The minimum atomic E-state index is -4.50. The number of amides is 1. The van der Waals surface area contributed by atoms with Crippen LogP contribution in [0.2, 0.25) is 0 Å². The van der Waals surface area contributed by atoms with Crippen LogP contribution in [0.5, 0.6) is 0 Å². The van der Waals surface area contributed by atoms with Crippen molar-refractivity contribution in [1.29, 1.82) is 0 Å². The van der Waals surface area contributed by atoms with E-state index in [0.29, 0.717) is 18.4 Å². The molecule has 31 heavy (non-hydrogen) atoms. The highest BCUT2D eigenvalue weighted by Crippen LogP contribution is 2.29. The standard InChI is InChI=1S/C22H27F3N2O3S/c1-3-14-26(15-4-2)31(29,30)27(21(28)19-10-6-5-7-11-19)16-13-18-9-8-12-20(17-18)22(23,24)25/h5-12,17H,3-4,13-16H2,1-2H3. The first-order valence-electron chi connectivity index (χ1n) is 10.1. The molecule has 2 rings (SSSR count). The van der Waals surface area contributed by atoms with Crippen LogP contribution in [-0.2, 0) is 22.8 Å². The zero-order valence-electron chi connectivity index (χ0n) is 17.6. The molecule has 0 aliphatic carbocycles. The molecule has 0 aliphatic heterocycles. The molecular weight excluding hydrogens is 429 g/mol. The number of hydrogen-bond acceptors (Lipinski definition) is 3. The Balaban J connectivity index is 2.37. The van der Waals surface area contributed by atoms with Crippen molar-refractivity contribution in [3.8, 4) is 0 Å². The largest absolute Gasteiger partial charge is 0.416 e. The minimum Gasteiger partial charge on any atom is -0.268 e. The number of carbonyl (C=O) groups excluding carboxylic acids is 1. The topological polar surface area (TPSA) is 57.7 Å². The van der Waals surface area contributed by atoms with E-state index in [1.807, 2.05) is 13.8 Å². The highest BCUT2D eigenvalue weighted by Gasteiger charge is 2.34. The summed E-state index contributed by atoms with van der Waals surface area (Å²) in [6.45, 7) is 3.91. The Hall–Kier alpha value is -2.39. The smallest absolute Gasteiger partial charge is 0.268 e. The van der Waals surface area contributed by atoms with Crippen LogP contribution in [-0.4, -0.2) is 42.6 Å². The van der Waals surface area contributed by atoms with Crippen molar-refractivity contribution in [2.45, 2.75) is 39.3 Å². The maximum absolute atomic E-state index is 13.3. The first-order valence-corrected chi connectivity index (χ1v) is 11.5. The van der Waals surface area contributed by atoms with Crippen molar-refractivity contribution < 1.29 is 26.4 Å². The van der Waals surface area contributed by atoms with Gasteiger partial charge < -0.3 is 0 Å². The van der Waals surface area contributed by atoms with E-state index in [9.17, 15) is 26.4 Å². The van der Waals surface area contributed by atoms with Gasteiger partial charge in [0.2, 0.25) is 0 Å². The highest BCUT2D eigenvalue weighted by atomic mass is 32.2. The second kappa shape index (κ2) is 10.8. The van der Waals surface area contributed by atoms with Crippen LogP contribution in [0.1, 0.15) is 48.2 Å². The lowest BCUT2D eigenvalue weighted by molar-refractivity contribution is -0.137. The predicted molar refractivity (Wildman–Crippen MR) is 114 cm³/mol. The molecule has 0 aromatic heterocycles. The van der Waals surface area contributed by atoms with E-state index in [2.05, 4.69) is 0 Å². The molecule has 2 aromatic carbocycles. The Morgan fingerprint density at radius 2 is 1.52 bits per heavy atom. The molecule has 0 atom stereocenters. The fourth-order valence-corrected chi connectivity index (χ4v) is 4.90. The van der Waals surface area contributed by atoms with Gasteiger partial charge in [0.1, 0.15) is 0 Å². The van der Waals surface area contributed by atoms with Crippen LogP contribution in [0.3, 0.4) is 0 Å². The third-order valence-corrected chi connectivity index (χ3v) is 6.58. The molecule has 2 aromatic rings. The Kier molecular flexibility index (Phi) is 8.64. The lowest BCUT2D eigenvalue weighted by Gasteiger charge is -2.30. The lowest BCUT2D eigenvalue weighted by atomic mass is 10.1. The second-order valence-corrected chi connectivity index (χ2v) is 8.95. The highest BCUT2D eigenvalue weighted by molar-refractivity contribution is 7.87. The summed E-state index contributed by atoms with van der Waals surface area (Å²) in [7, 11) is -4.15. The normalized spacial score (nSPS) is 12.2. The molecule has 5 nitrogen and oxygen atoms in total. The summed E-state index contributed by atoms with van der Waals surface area (Å²) in [6.07, 6.45) is -3.39. The van der Waals surface area contributed by atoms with Crippen LogP contribution >= 0.6 is 0 Å². The molecule has 0 saturated carbocycles. The zero-order valence-corrected chi connectivity index (χ0v) is 18.4. The van der Waals surface area contributed by atoms with Crippen LogP contribution in [0.15, 0.2) is 54.6 Å². The average Bonchev–Trinajstić information content (AvgIpc) is 2.73. The summed E-state index contributed by atoms with van der Waals surface area (Å²) in [5, 5.41) is 0. The number of halogens is 3. The maximum atomic E-state index is 13.3. The van der Waals surface area contributed by atoms with Crippen LogP contribution in [0.25, 0.3) is 0 Å². The summed E-state index contributed by atoms with van der Waals surface area (Å²) in [4.78, 5) is 13.1. The number of rotatable bonds is 10. The van der Waals surface area contributed by atoms with E-state index in [0.717, 1.165) is 16.4 Å². The van der Waals surface area contributed by atoms with Crippen LogP contribution < -0.4 is 0 Å². The molecule has 9 heteroatoms. The second-order valence-electron chi connectivity index (χ2n) is 7.10. The third kappa shape index (κ3) is 6.54. The molecule has 1 amide bonds. The van der Waals surface area contributed by atoms with Gasteiger partial charge in [-0.2, -0.15) is 25.9 Å². The monoisotopic (exact) mass is 456 g/mol. The number of carbonyl (C=O) groups is 1. The number of hydrogen-bond donors (Lipinski definition) is 0. The first kappa shape index (κ1) is 24.9. The molecule has 0 radical (unpaired) electrons. The predicted octanol–water partition coefficient (Wildman–Crippen LogP) is 4.76. The van der Waals surface area contributed by atoms with Crippen molar-refractivity contribution >= 4 is 16.1 Å². The van der Waals surface area contributed by atoms with Crippen molar-refractivity contribution in [3.05, 3.63) is 71.3 Å². The molecule has 0 N–H and O–H groups in total. The minimum absolute atomic E-state index is 0.0339. The molecule has 0 spiro atoms. The van der Waals surface area contributed by atoms with Gasteiger partial charge in [0.05, 0.1) is 5.56 Å². The van der Waals surface area contributed by atoms with Gasteiger partial charge in [0.15, 0.2) is 0 Å². The Bertz CT molecular complexity index is 957. The van der Waals surface area contributed by atoms with Gasteiger partial charge in [-0.3, -0.25) is 4.79 Å². The van der Waals surface area contributed by atoms with E-state index in [1.54, 1.807) is 18.2 Å². The molecule has 0 heterocycles. The molecule has 170 valence electrons.